The average molecular weight is 548 g/mol. The molecule has 1 aromatic rings. The standard InChI is InChI=1S/C30H45N3O4.ClH/c1-2-3-16-33-28(35)26(27(34)22-10-6-4-7-11-22)31-29(36)30(33)14-17-32(18-15-30)20-23-19-24(23)21-37-25-12-8-5-9-13-25;/h5,8-9,12-13,22-24,26-27,34H,2-4,6-7,10-11,14-21H2,1H3,(H,31,36);1H/t23?,24?,26-,27-;/m1./s1. The van der Waals surface area contributed by atoms with Crippen molar-refractivity contribution in [2.24, 2.45) is 17.8 Å². The Morgan fingerprint density at radius 3 is 2.47 bits per heavy atom. The highest BCUT2D eigenvalue weighted by atomic mass is 35.5. The summed E-state index contributed by atoms with van der Waals surface area (Å²) in [7, 11) is 0. The Morgan fingerprint density at radius 1 is 1.08 bits per heavy atom. The molecule has 1 aromatic carbocycles. The summed E-state index contributed by atoms with van der Waals surface area (Å²) in [4.78, 5) is 31.8. The van der Waals surface area contributed by atoms with Gasteiger partial charge >= 0.3 is 0 Å². The van der Waals surface area contributed by atoms with Gasteiger partial charge in [-0.3, -0.25) is 9.59 Å². The second kappa shape index (κ2) is 13.0. The third-order valence-electron chi connectivity index (χ3n) is 9.42. The lowest BCUT2D eigenvalue weighted by Gasteiger charge is -2.52. The van der Waals surface area contributed by atoms with Crippen LogP contribution in [0.3, 0.4) is 0 Å². The van der Waals surface area contributed by atoms with E-state index in [4.69, 9.17) is 4.74 Å². The van der Waals surface area contributed by atoms with Gasteiger partial charge in [0, 0.05) is 26.2 Å². The van der Waals surface area contributed by atoms with Gasteiger partial charge in [0.15, 0.2) is 0 Å². The van der Waals surface area contributed by atoms with E-state index in [-0.39, 0.29) is 30.1 Å². The van der Waals surface area contributed by atoms with E-state index >= 15 is 0 Å². The monoisotopic (exact) mass is 547 g/mol. The molecule has 8 heteroatoms. The van der Waals surface area contributed by atoms with E-state index in [9.17, 15) is 14.7 Å². The number of aliphatic hydroxyl groups excluding tert-OH is 1. The van der Waals surface area contributed by atoms with Crippen LogP contribution in [0.4, 0.5) is 0 Å². The number of unbranched alkanes of at least 4 members (excludes halogenated alkanes) is 1. The predicted molar refractivity (Wildman–Crippen MR) is 150 cm³/mol. The van der Waals surface area contributed by atoms with Crippen LogP contribution in [0.5, 0.6) is 5.75 Å². The first-order valence-corrected chi connectivity index (χ1v) is 14.7. The quantitative estimate of drug-likeness (QED) is 0.462. The van der Waals surface area contributed by atoms with Crippen molar-refractivity contribution in [3.63, 3.8) is 0 Å². The van der Waals surface area contributed by atoms with E-state index in [1.807, 2.05) is 35.2 Å². The molecule has 212 valence electrons. The van der Waals surface area contributed by atoms with Crippen LogP contribution in [-0.2, 0) is 9.59 Å². The van der Waals surface area contributed by atoms with Crippen molar-refractivity contribution in [2.45, 2.75) is 88.8 Å². The maximum atomic E-state index is 13.8. The molecule has 7 nitrogen and oxygen atoms in total. The molecule has 2 amide bonds. The number of halogens is 1. The van der Waals surface area contributed by atoms with Gasteiger partial charge < -0.3 is 25.0 Å². The largest absolute Gasteiger partial charge is 0.493 e. The van der Waals surface area contributed by atoms with E-state index in [1.165, 1.54) is 12.8 Å². The summed E-state index contributed by atoms with van der Waals surface area (Å²) < 4.78 is 5.95. The molecule has 4 aliphatic rings. The van der Waals surface area contributed by atoms with Gasteiger partial charge in [-0.25, -0.2) is 0 Å². The molecular weight excluding hydrogens is 502 g/mol. The summed E-state index contributed by atoms with van der Waals surface area (Å²) in [6.45, 7) is 6.15. The number of likely N-dealkylation sites (tertiary alicyclic amines) is 1. The van der Waals surface area contributed by atoms with Crippen LogP contribution < -0.4 is 10.1 Å². The van der Waals surface area contributed by atoms with E-state index < -0.39 is 17.7 Å². The lowest BCUT2D eigenvalue weighted by Crippen LogP contribution is -2.75. The van der Waals surface area contributed by atoms with E-state index in [0.29, 0.717) is 31.2 Å². The molecule has 2 saturated carbocycles. The van der Waals surface area contributed by atoms with Crippen LogP contribution in [-0.4, -0.2) is 77.2 Å². The number of piperazine rings is 1. The Kier molecular flexibility index (Phi) is 9.99. The number of amides is 2. The molecule has 5 rings (SSSR count). The number of carbonyl (C=O) groups excluding carboxylic acids is 2. The maximum Gasteiger partial charge on any atom is 0.248 e. The Bertz CT molecular complexity index is 917. The lowest BCUT2D eigenvalue weighted by atomic mass is 9.78. The SMILES string of the molecule is CCCCN1C(=O)[C@@H]([C@H](O)C2CCCCC2)NC(=O)C12CCN(CC1CC1COc1ccccc1)CC2.Cl. The fourth-order valence-corrected chi connectivity index (χ4v) is 6.85. The lowest BCUT2D eigenvalue weighted by molar-refractivity contribution is -0.166. The number of rotatable bonds is 10. The molecule has 2 saturated heterocycles. The number of aliphatic hydroxyl groups is 1. The molecule has 4 fully saturated rings. The molecule has 4 atom stereocenters. The smallest absolute Gasteiger partial charge is 0.248 e. The van der Waals surface area contributed by atoms with Crippen LogP contribution in [0, 0.1) is 17.8 Å². The fraction of sp³-hybridized carbons (Fsp3) is 0.733. The molecule has 0 bridgehead atoms. The van der Waals surface area contributed by atoms with Gasteiger partial charge in [0.1, 0.15) is 17.3 Å². The molecule has 0 radical (unpaired) electrons. The zero-order chi connectivity index (χ0) is 25.8. The molecule has 2 unspecified atom stereocenters. The first kappa shape index (κ1) is 29.2. The van der Waals surface area contributed by atoms with Crippen molar-refractivity contribution in [2.75, 3.05) is 32.8 Å². The highest BCUT2D eigenvalue weighted by molar-refractivity contribution is 6.00. The zero-order valence-corrected chi connectivity index (χ0v) is 23.7. The average Bonchev–Trinajstić information content (AvgIpc) is 3.69. The van der Waals surface area contributed by atoms with Crippen LogP contribution in [0.1, 0.15) is 71.1 Å². The molecule has 1 spiro atoms. The van der Waals surface area contributed by atoms with Gasteiger partial charge in [-0.2, -0.15) is 0 Å². The Hall–Kier alpha value is -1.83. The van der Waals surface area contributed by atoms with Crippen molar-refractivity contribution in [1.29, 1.82) is 0 Å². The number of para-hydroxylation sites is 1. The second-order valence-corrected chi connectivity index (χ2v) is 11.9. The number of hydrogen-bond donors (Lipinski definition) is 2. The molecular formula is C30H46ClN3O4. The number of hydrogen-bond acceptors (Lipinski definition) is 5. The number of nitrogens with zero attached hydrogens (tertiary/aromatic N) is 2. The van der Waals surface area contributed by atoms with Crippen LogP contribution in [0.2, 0.25) is 0 Å². The fourth-order valence-electron chi connectivity index (χ4n) is 6.85. The molecule has 2 N–H and O–H groups in total. The second-order valence-electron chi connectivity index (χ2n) is 11.9. The summed E-state index contributed by atoms with van der Waals surface area (Å²) in [5, 5.41) is 14.1. The van der Waals surface area contributed by atoms with E-state index in [2.05, 4.69) is 17.1 Å². The topological polar surface area (TPSA) is 82.1 Å². The summed E-state index contributed by atoms with van der Waals surface area (Å²) >= 11 is 0. The van der Waals surface area contributed by atoms with Crippen molar-refractivity contribution < 1.29 is 19.4 Å². The third kappa shape index (κ3) is 6.31. The van der Waals surface area contributed by atoms with Gasteiger partial charge in [0.2, 0.25) is 11.8 Å². The van der Waals surface area contributed by atoms with Crippen molar-refractivity contribution in [3.05, 3.63) is 30.3 Å². The number of carbonyl (C=O) groups is 2. The van der Waals surface area contributed by atoms with Gasteiger partial charge in [-0.05, 0) is 68.4 Å². The third-order valence-corrected chi connectivity index (χ3v) is 9.42. The van der Waals surface area contributed by atoms with Crippen LogP contribution >= 0.6 is 12.4 Å². The zero-order valence-electron chi connectivity index (χ0n) is 22.9. The first-order chi connectivity index (χ1) is 18.0. The Balaban J connectivity index is 0.00000336. The Morgan fingerprint density at radius 2 is 1.79 bits per heavy atom. The minimum Gasteiger partial charge on any atom is -0.493 e. The van der Waals surface area contributed by atoms with Crippen molar-refractivity contribution >= 4 is 24.2 Å². The van der Waals surface area contributed by atoms with E-state index in [0.717, 1.165) is 70.5 Å². The van der Waals surface area contributed by atoms with Gasteiger partial charge in [-0.15, -0.1) is 12.4 Å². The highest BCUT2D eigenvalue weighted by Crippen LogP contribution is 2.41. The molecule has 2 heterocycles. The summed E-state index contributed by atoms with van der Waals surface area (Å²) in [5.41, 5.74) is -0.773. The summed E-state index contributed by atoms with van der Waals surface area (Å²) in [6, 6.07) is 9.20. The molecule has 2 aliphatic heterocycles. The number of ether oxygens (including phenoxy) is 1. The molecule has 2 aliphatic carbocycles. The van der Waals surface area contributed by atoms with Gasteiger partial charge in [0.25, 0.3) is 0 Å². The minimum absolute atomic E-state index is 0. The van der Waals surface area contributed by atoms with Crippen LogP contribution in [0.25, 0.3) is 0 Å². The van der Waals surface area contributed by atoms with Crippen LogP contribution in [0.15, 0.2) is 30.3 Å². The van der Waals surface area contributed by atoms with E-state index in [1.54, 1.807) is 0 Å². The normalized spacial score (nSPS) is 28.5. The minimum atomic E-state index is -0.798. The number of benzene rings is 1. The number of nitrogens with one attached hydrogen (secondary N) is 1. The maximum absolute atomic E-state index is 13.8. The van der Waals surface area contributed by atoms with Gasteiger partial charge in [-0.1, -0.05) is 50.8 Å². The Labute approximate surface area is 234 Å². The summed E-state index contributed by atoms with van der Waals surface area (Å²) in [6.07, 6.45) is 8.84. The molecule has 0 aromatic heterocycles. The molecule has 38 heavy (non-hydrogen) atoms. The first-order valence-electron chi connectivity index (χ1n) is 14.7. The summed E-state index contributed by atoms with van der Waals surface area (Å²) in [5.74, 6) is 2.15. The highest BCUT2D eigenvalue weighted by Gasteiger charge is 2.55. The van der Waals surface area contributed by atoms with Crippen molar-refractivity contribution in [3.8, 4) is 5.75 Å². The predicted octanol–water partition coefficient (Wildman–Crippen LogP) is 4.03. The number of piperidine rings is 1. The van der Waals surface area contributed by atoms with Crippen molar-refractivity contribution in [1.82, 2.24) is 15.1 Å². The van der Waals surface area contributed by atoms with Gasteiger partial charge in [0.05, 0.1) is 12.7 Å².